The van der Waals surface area contributed by atoms with Gasteiger partial charge >= 0.3 is 0 Å². The van der Waals surface area contributed by atoms with Gasteiger partial charge in [-0.2, -0.15) is 0 Å². The lowest BCUT2D eigenvalue weighted by Crippen LogP contribution is -2.19. The van der Waals surface area contributed by atoms with E-state index in [4.69, 9.17) is 0 Å². The molecule has 3 rings (SSSR count). The molecule has 1 fully saturated rings. The van der Waals surface area contributed by atoms with Crippen molar-refractivity contribution in [3.05, 3.63) is 42.2 Å². The van der Waals surface area contributed by atoms with Crippen LogP contribution in [0.25, 0.3) is 10.8 Å². The van der Waals surface area contributed by atoms with Crippen LogP contribution >= 0.6 is 0 Å². The third-order valence-corrected chi connectivity index (χ3v) is 3.83. The minimum atomic E-state index is 0.599. The second-order valence-electron chi connectivity index (χ2n) is 5.36. The van der Waals surface area contributed by atoms with Crippen LogP contribution in [0.2, 0.25) is 0 Å². The molecule has 0 aliphatic heterocycles. The third kappa shape index (κ3) is 2.54. The standard InChI is InChI=1S/C16H20N2/c1-12(7-10-18-14-5-6-14)15-4-2-3-13-11-17-9-8-16(13)15/h2-4,8-9,11-12,14,18H,5-7,10H2,1H3. The van der Waals surface area contributed by atoms with Crippen LogP contribution in [0.4, 0.5) is 0 Å². The molecule has 0 radical (unpaired) electrons. The van der Waals surface area contributed by atoms with Gasteiger partial charge in [0, 0.05) is 23.8 Å². The van der Waals surface area contributed by atoms with Crippen LogP contribution in [0.15, 0.2) is 36.7 Å². The van der Waals surface area contributed by atoms with Gasteiger partial charge in [-0.25, -0.2) is 0 Å². The van der Waals surface area contributed by atoms with E-state index in [0.29, 0.717) is 5.92 Å². The highest BCUT2D eigenvalue weighted by Crippen LogP contribution is 2.27. The summed E-state index contributed by atoms with van der Waals surface area (Å²) in [7, 11) is 0. The van der Waals surface area contributed by atoms with Gasteiger partial charge in [-0.15, -0.1) is 0 Å². The molecule has 1 aromatic carbocycles. The van der Waals surface area contributed by atoms with Crippen LogP contribution in [-0.4, -0.2) is 17.6 Å². The van der Waals surface area contributed by atoms with Gasteiger partial charge < -0.3 is 5.32 Å². The van der Waals surface area contributed by atoms with Crippen LogP contribution in [-0.2, 0) is 0 Å². The molecule has 2 heteroatoms. The Morgan fingerprint density at radius 2 is 2.22 bits per heavy atom. The van der Waals surface area contributed by atoms with Gasteiger partial charge in [-0.1, -0.05) is 25.1 Å². The number of aromatic nitrogens is 1. The summed E-state index contributed by atoms with van der Waals surface area (Å²) in [5.41, 5.74) is 1.45. The summed E-state index contributed by atoms with van der Waals surface area (Å²) in [6, 6.07) is 9.49. The maximum atomic E-state index is 4.19. The summed E-state index contributed by atoms with van der Waals surface area (Å²) >= 11 is 0. The Hall–Kier alpha value is -1.41. The molecule has 18 heavy (non-hydrogen) atoms. The zero-order chi connectivity index (χ0) is 12.4. The molecule has 1 aliphatic carbocycles. The molecular formula is C16H20N2. The second-order valence-corrected chi connectivity index (χ2v) is 5.36. The fourth-order valence-corrected chi connectivity index (χ4v) is 2.52. The Bertz CT molecular complexity index is 526. The van der Waals surface area contributed by atoms with E-state index in [1.807, 2.05) is 12.4 Å². The minimum Gasteiger partial charge on any atom is -0.314 e. The molecule has 1 unspecified atom stereocenters. The van der Waals surface area contributed by atoms with E-state index in [9.17, 15) is 0 Å². The SMILES string of the molecule is CC(CCNC1CC1)c1cccc2cnccc12. The number of nitrogens with one attached hydrogen (secondary N) is 1. The second kappa shape index (κ2) is 5.07. The molecule has 0 bridgehead atoms. The Morgan fingerprint density at radius 1 is 1.33 bits per heavy atom. The molecule has 0 amide bonds. The van der Waals surface area contributed by atoms with Crippen LogP contribution in [0.1, 0.15) is 37.7 Å². The summed E-state index contributed by atoms with van der Waals surface area (Å²) in [5.74, 6) is 0.599. The molecule has 2 nitrogen and oxygen atoms in total. The summed E-state index contributed by atoms with van der Waals surface area (Å²) in [5, 5.41) is 6.19. The predicted molar refractivity (Wildman–Crippen MR) is 75.8 cm³/mol. The lowest BCUT2D eigenvalue weighted by Gasteiger charge is -2.14. The smallest absolute Gasteiger partial charge is 0.0346 e. The topological polar surface area (TPSA) is 24.9 Å². The number of pyridine rings is 1. The Labute approximate surface area is 108 Å². The molecule has 0 spiro atoms. The summed E-state index contributed by atoms with van der Waals surface area (Å²) in [4.78, 5) is 4.19. The fraction of sp³-hybridized carbons (Fsp3) is 0.438. The lowest BCUT2D eigenvalue weighted by molar-refractivity contribution is 0.594. The van der Waals surface area contributed by atoms with Crippen LogP contribution in [0.3, 0.4) is 0 Å². The number of hydrogen-bond acceptors (Lipinski definition) is 2. The van der Waals surface area contributed by atoms with Crippen LogP contribution in [0.5, 0.6) is 0 Å². The van der Waals surface area contributed by atoms with Crippen molar-refractivity contribution in [2.24, 2.45) is 0 Å². The molecule has 0 saturated heterocycles. The average Bonchev–Trinajstić information content (AvgIpc) is 3.22. The first-order valence-corrected chi connectivity index (χ1v) is 6.90. The van der Waals surface area contributed by atoms with Crippen molar-refractivity contribution >= 4 is 10.8 Å². The van der Waals surface area contributed by atoms with Crippen LogP contribution in [0, 0.1) is 0 Å². The normalized spacial score (nSPS) is 16.9. The molecule has 1 aromatic heterocycles. The molecule has 1 atom stereocenters. The molecular weight excluding hydrogens is 220 g/mol. The van der Waals surface area contributed by atoms with Crippen molar-refractivity contribution in [3.63, 3.8) is 0 Å². The quantitative estimate of drug-likeness (QED) is 0.865. The maximum absolute atomic E-state index is 4.19. The van der Waals surface area contributed by atoms with Crippen LogP contribution < -0.4 is 5.32 Å². The molecule has 1 aliphatic rings. The lowest BCUT2D eigenvalue weighted by atomic mass is 9.93. The third-order valence-electron chi connectivity index (χ3n) is 3.83. The first kappa shape index (κ1) is 11.7. The van der Waals surface area contributed by atoms with Gasteiger partial charge in [0.2, 0.25) is 0 Å². The van der Waals surface area contributed by atoms with E-state index < -0.39 is 0 Å². The van der Waals surface area contributed by atoms with E-state index >= 15 is 0 Å². The fourth-order valence-electron chi connectivity index (χ4n) is 2.52. The number of rotatable bonds is 5. The summed E-state index contributed by atoms with van der Waals surface area (Å²) in [6.45, 7) is 3.46. The Kier molecular flexibility index (Phi) is 3.28. The average molecular weight is 240 g/mol. The predicted octanol–water partition coefficient (Wildman–Crippen LogP) is 3.48. The van der Waals surface area contributed by atoms with Crippen molar-refractivity contribution in [1.29, 1.82) is 0 Å². The molecule has 94 valence electrons. The highest BCUT2D eigenvalue weighted by molar-refractivity contribution is 5.85. The van der Waals surface area contributed by atoms with Crippen molar-refractivity contribution in [2.45, 2.75) is 38.1 Å². The number of hydrogen-bond donors (Lipinski definition) is 1. The van der Waals surface area contributed by atoms with E-state index in [-0.39, 0.29) is 0 Å². The molecule has 1 saturated carbocycles. The van der Waals surface area contributed by atoms with Gasteiger partial charge in [-0.3, -0.25) is 4.98 Å². The van der Waals surface area contributed by atoms with E-state index in [2.05, 4.69) is 41.5 Å². The highest BCUT2D eigenvalue weighted by Gasteiger charge is 2.20. The Morgan fingerprint density at radius 3 is 3.06 bits per heavy atom. The zero-order valence-electron chi connectivity index (χ0n) is 10.9. The number of fused-ring (bicyclic) bond motifs is 1. The Balaban J connectivity index is 1.75. The largest absolute Gasteiger partial charge is 0.314 e. The minimum absolute atomic E-state index is 0.599. The van der Waals surface area contributed by atoms with Gasteiger partial charge in [0.25, 0.3) is 0 Å². The van der Waals surface area contributed by atoms with Crippen molar-refractivity contribution < 1.29 is 0 Å². The monoisotopic (exact) mass is 240 g/mol. The van der Waals surface area contributed by atoms with Gasteiger partial charge in [0.15, 0.2) is 0 Å². The van der Waals surface area contributed by atoms with Gasteiger partial charge in [0.05, 0.1) is 0 Å². The summed E-state index contributed by atoms with van der Waals surface area (Å²) < 4.78 is 0. The zero-order valence-corrected chi connectivity index (χ0v) is 10.9. The van der Waals surface area contributed by atoms with Crippen molar-refractivity contribution in [3.8, 4) is 0 Å². The first-order valence-electron chi connectivity index (χ1n) is 6.90. The van der Waals surface area contributed by atoms with E-state index in [1.165, 1.54) is 35.6 Å². The highest BCUT2D eigenvalue weighted by atomic mass is 14.9. The number of nitrogens with zero attached hydrogens (tertiary/aromatic N) is 1. The van der Waals surface area contributed by atoms with E-state index in [0.717, 1.165) is 12.6 Å². The summed E-state index contributed by atoms with van der Waals surface area (Å²) in [6.07, 6.45) is 7.79. The molecule has 1 heterocycles. The van der Waals surface area contributed by atoms with Gasteiger partial charge in [-0.05, 0) is 48.7 Å². The first-order chi connectivity index (χ1) is 8.84. The molecule has 1 N–H and O–H groups in total. The van der Waals surface area contributed by atoms with Crippen molar-refractivity contribution in [2.75, 3.05) is 6.54 Å². The molecule has 2 aromatic rings. The number of benzene rings is 1. The van der Waals surface area contributed by atoms with E-state index in [1.54, 1.807) is 0 Å². The maximum Gasteiger partial charge on any atom is 0.0346 e. The van der Waals surface area contributed by atoms with Crippen molar-refractivity contribution in [1.82, 2.24) is 10.3 Å². The van der Waals surface area contributed by atoms with Gasteiger partial charge in [0.1, 0.15) is 0 Å².